The molecule has 0 bridgehead atoms. The SMILES string of the molecule is Cc1[nH]c2cc(F)ccc2c1C(=O)NCCCN. The van der Waals surface area contributed by atoms with E-state index in [1.807, 2.05) is 0 Å². The summed E-state index contributed by atoms with van der Waals surface area (Å²) >= 11 is 0. The maximum Gasteiger partial charge on any atom is 0.253 e. The van der Waals surface area contributed by atoms with E-state index in [9.17, 15) is 9.18 Å². The summed E-state index contributed by atoms with van der Waals surface area (Å²) in [6.07, 6.45) is 0.738. The fraction of sp³-hybridized carbons (Fsp3) is 0.308. The van der Waals surface area contributed by atoms with Crippen molar-refractivity contribution in [3.05, 3.63) is 35.3 Å². The van der Waals surface area contributed by atoms with Gasteiger partial charge in [0.05, 0.1) is 5.56 Å². The summed E-state index contributed by atoms with van der Waals surface area (Å²) < 4.78 is 13.1. The standard InChI is InChI=1S/C13H16FN3O/c1-8-12(13(18)16-6-2-5-15)10-4-3-9(14)7-11(10)17-8/h3-4,7,17H,2,5-6,15H2,1H3,(H,16,18). The average molecular weight is 249 g/mol. The lowest BCUT2D eigenvalue weighted by Crippen LogP contribution is -2.26. The van der Waals surface area contributed by atoms with Gasteiger partial charge in [0.25, 0.3) is 5.91 Å². The van der Waals surface area contributed by atoms with Crippen LogP contribution in [0.1, 0.15) is 22.5 Å². The van der Waals surface area contributed by atoms with Crippen LogP contribution in [-0.4, -0.2) is 24.0 Å². The van der Waals surface area contributed by atoms with E-state index in [0.29, 0.717) is 24.2 Å². The van der Waals surface area contributed by atoms with Crippen molar-refractivity contribution in [2.24, 2.45) is 5.73 Å². The highest BCUT2D eigenvalue weighted by atomic mass is 19.1. The molecule has 18 heavy (non-hydrogen) atoms. The second kappa shape index (κ2) is 5.18. The van der Waals surface area contributed by atoms with E-state index in [-0.39, 0.29) is 11.7 Å². The van der Waals surface area contributed by atoms with Gasteiger partial charge in [0, 0.05) is 23.1 Å². The largest absolute Gasteiger partial charge is 0.358 e. The molecule has 1 aromatic carbocycles. The van der Waals surface area contributed by atoms with Crippen molar-refractivity contribution < 1.29 is 9.18 Å². The van der Waals surface area contributed by atoms with Gasteiger partial charge in [-0.25, -0.2) is 4.39 Å². The van der Waals surface area contributed by atoms with Crippen molar-refractivity contribution in [3.8, 4) is 0 Å². The lowest BCUT2D eigenvalue weighted by molar-refractivity contribution is 0.0954. The summed E-state index contributed by atoms with van der Waals surface area (Å²) in [5.74, 6) is -0.474. The number of nitrogens with two attached hydrogens (primary N) is 1. The molecule has 2 rings (SSSR count). The molecule has 0 fully saturated rings. The molecule has 4 nitrogen and oxygen atoms in total. The molecule has 0 unspecified atom stereocenters. The van der Waals surface area contributed by atoms with Crippen molar-refractivity contribution in [3.63, 3.8) is 0 Å². The number of benzene rings is 1. The first kappa shape index (κ1) is 12.6. The van der Waals surface area contributed by atoms with Gasteiger partial charge in [0.15, 0.2) is 0 Å². The van der Waals surface area contributed by atoms with Gasteiger partial charge in [-0.2, -0.15) is 0 Å². The average Bonchev–Trinajstić information content (AvgIpc) is 2.64. The summed E-state index contributed by atoms with van der Waals surface area (Å²) in [6.45, 7) is 2.89. The highest BCUT2D eigenvalue weighted by molar-refractivity contribution is 6.08. The van der Waals surface area contributed by atoms with E-state index >= 15 is 0 Å². The fourth-order valence-corrected chi connectivity index (χ4v) is 1.99. The van der Waals surface area contributed by atoms with Crippen LogP contribution in [0.25, 0.3) is 10.9 Å². The number of aromatic nitrogens is 1. The Labute approximate surface area is 104 Å². The van der Waals surface area contributed by atoms with E-state index in [1.165, 1.54) is 12.1 Å². The van der Waals surface area contributed by atoms with Gasteiger partial charge in [0.1, 0.15) is 5.82 Å². The molecule has 0 aliphatic carbocycles. The molecule has 1 amide bonds. The molecule has 1 heterocycles. The predicted molar refractivity (Wildman–Crippen MR) is 69.0 cm³/mol. The number of carbonyl (C=O) groups is 1. The van der Waals surface area contributed by atoms with Crippen LogP contribution >= 0.6 is 0 Å². The van der Waals surface area contributed by atoms with Crippen LogP contribution in [0.15, 0.2) is 18.2 Å². The fourth-order valence-electron chi connectivity index (χ4n) is 1.99. The zero-order valence-electron chi connectivity index (χ0n) is 10.2. The maximum atomic E-state index is 13.1. The number of amides is 1. The van der Waals surface area contributed by atoms with Gasteiger partial charge in [-0.05, 0) is 38.1 Å². The van der Waals surface area contributed by atoms with Crippen molar-refractivity contribution >= 4 is 16.8 Å². The molecule has 0 aliphatic heterocycles. The van der Waals surface area contributed by atoms with Crippen LogP contribution in [0.4, 0.5) is 4.39 Å². The Morgan fingerprint density at radius 1 is 1.50 bits per heavy atom. The normalized spacial score (nSPS) is 10.8. The van der Waals surface area contributed by atoms with E-state index < -0.39 is 0 Å². The molecule has 0 spiro atoms. The lowest BCUT2D eigenvalue weighted by Gasteiger charge is -2.04. The van der Waals surface area contributed by atoms with E-state index in [0.717, 1.165) is 17.5 Å². The number of rotatable bonds is 4. The third kappa shape index (κ3) is 2.36. The molecule has 2 aromatic rings. The molecule has 1 aromatic heterocycles. The quantitative estimate of drug-likeness (QED) is 0.722. The smallest absolute Gasteiger partial charge is 0.253 e. The number of H-pyrrole nitrogens is 1. The summed E-state index contributed by atoms with van der Waals surface area (Å²) in [7, 11) is 0. The van der Waals surface area contributed by atoms with Gasteiger partial charge in [-0.3, -0.25) is 4.79 Å². The van der Waals surface area contributed by atoms with Crippen LogP contribution in [0, 0.1) is 12.7 Å². The topological polar surface area (TPSA) is 70.9 Å². The highest BCUT2D eigenvalue weighted by Crippen LogP contribution is 2.22. The minimum atomic E-state index is -0.321. The number of carbonyl (C=O) groups excluding carboxylic acids is 1. The first-order valence-electron chi connectivity index (χ1n) is 5.89. The summed E-state index contributed by atoms with van der Waals surface area (Å²) in [5.41, 5.74) is 7.32. The van der Waals surface area contributed by atoms with Gasteiger partial charge in [-0.15, -0.1) is 0 Å². The third-order valence-electron chi connectivity index (χ3n) is 2.84. The van der Waals surface area contributed by atoms with Crippen LogP contribution in [0.5, 0.6) is 0 Å². The number of nitrogens with one attached hydrogen (secondary N) is 2. The number of halogens is 1. The maximum absolute atomic E-state index is 13.1. The second-order valence-electron chi connectivity index (χ2n) is 4.21. The summed E-state index contributed by atoms with van der Waals surface area (Å²) in [4.78, 5) is 15.0. The zero-order valence-corrected chi connectivity index (χ0v) is 10.2. The van der Waals surface area contributed by atoms with E-state index in [2.05, 4.69) is 10.3 Å². The van der Waals surface area contributed by atoms with Crippen molar-refractivity contribution in [2.75, 3.05) is 13.1 Å². The van der Waals surface area contributed by atoms with Crippen molar-refractivity contribution in [1.29, 1.82) is 0 Å². The monoisotopic (exact) mass is 249 g/mol. The third-order valence-corrected chi connectivity index (χ3v) is 2.84. The van der Waals surface area contributed by atoms with Gasteiger partial charge in [-0.1, -0.05) is 0 Å². The Balaban J connectivity index is 2.32. The van der Waals surface area contributed by atoms with E-state index in [1.54, 1.807) is 13.0 Å². The number of aryl methyl sites for hydroxylation is 1. The van der Waals surface area contributed by atoms with E-state index in [4.69, 9.17) is 5.73 Å². The number of fused-ring (bicyclic) bond motifs is 1. The predicted octanol–water partition coefficient (Wildman–Crippen LogP) is 1.69. The number of aromatic amines is 1. The minimum absolute atomic E-state index is 0.154. The van der Waals surface area contributed by atoms with Gasteiger partial charge >= 0.3 is 0 Å². The summed E-state index contributed by atoms with van der Waals surface area (Å²) in [5, 5.41) is 3.54. The minimum Gasteiger partial charge on any atom is -0.358 e. The lowest BCUT2D eigenvalue weighted by atomic mass is 10.1. The Morgan fingerprint density at radius 3 is 3.00 bits per heavy atom. The second-order valence-corrected chi connectivity index (χ2v) is 4.21. The molecule has 0 aliphatic rings. The van der Waals surface area contributed by atoms with Gasteiger partial charge in [0.2, 0.25) is 0 Å². The number of hydrogen-bond donors (Lipinski definition) is 3. The zero-order chi connectivity index (χ0) is 13.1. The molecule has 0 radical (unpaired) electrons. The summed E-state index contributed by atoms with van der Waals surface area (Å²) in [6, 6.07) is 4.36. The van der Waals surface area contributed by atoms with Crippen LogP contribution in [0.3, 0.4) is 0 Å². The number of hydrogen-bond acceptors (Lipinski definition) is 2. The Morgan fingerprint density at radius 2 is 2.28 bits per heavy atom. The van der Waals surface area contributed by atoms with Crippen LogP contribution in [-0.2, 0) is 0 Å². The first-order chi connectivity index (χ1) is 8.63. The van der Waals surface area contributed by atoms with Crippen LogP contribution in [0.2, 0.25) is 0 Å². The molecule has 5 heteroatoms. The molecular weight excluding hydrogens is 233 g/mol. The Kier molecular flexibility index (Phi) is 3.62. The molecule has 0 saturated heterocycles. The van der Waals surface area contributed by atoms with Crippen molar-refractivity contribution in [1.82, 2.24) is 10.3 Å². The molecule has 0 saturated carbocycles. The van der Waals surface area contributed by atoms with Crippen LogP contribution < -0.4 is 11.1 Å². The highest BCUT2D eigenvalue weighted by Gasteiger charge is 2.15. The molecule has 0 atom stereocenters. The van der Waals surface area contributed by atoms with Gasteiger partial charge < -0.3 is 16.0 Å². The Hall–Kier alpha value is -1.88. The molecular formula is C13H16FN3O. The molecule has 96 valence electrons. The first-order valence-corrected chi connectivity index (χ1v) is 5.89. The molecule has 4 N–H and O–H groups in total. The Bertz CT molecular complexity index is 577. The van der Waals surface area contributed by atoms with Crippen molar-refractivity contribution in [2.45, 2.75) is 13.3 Å².